The first-order valence-electron chi connectivity index (χ1n) is 8.52. The smallest absolute Gasteiger partial charge is 0.303 e. The first kappa shape index (κ1) is 16.1. The molecule has 2 aromatic heterocycles. The van der Waals surface area contributed by atoms with E-state index in [9.17, 15) is 9.59 Å². The van der Waals surface area contributed by atoms with Gasteiger partial charge in [-0.1, -0.05) is 0 Å². The number of anilines is 1. The van der Waals surface area contributed by atoms with Crippen molar-refractivity contribution in [1.82, 2.24) is 24.8 Å². The number of H-pyrrole nitrogens is 1. The van der Waals surface area contributed by atoms with E-state index in [1.807, 2.05) is 11.6 Å². The molecular formula is C16H22N6O3. The van der Waals surface area contributed by atoms with Gasteiger partial charge in [0, 0.05) is 25.0 Å². The van der Waals surface area contributed by atoms with Crippen molar-refractivity contribution in [1.29, 1.82) is 0 Å². The Labute approximate surface area is 143 Å². The third-order valence-corrected chi connectivity index (χ3v) is 5.98. The van der Waals surface area contributed by atoms with Gasteiger partial charge >= 0.3 is 5.97 Å². The van der Waals surface area contributed by atoms with E-state index in [4.69, 9.17) is 5.11 Å². The number of nitrogens with one attached hydrogen (secondary N) is 3. The third-order valence-electron chi connectivity index (χ3n) is 5.98. The molecule has 25 heavy (non-hydrogen) atoms. The van der Waals surface area contributed by atoms with Gasteiger partial charge in [-0.25, -0.2) is 4.98 Å². The van der Waals surface area contributed by atoms with Crippen LogP contribution in [0.4, 0.5) is 5.95 Å². The van der Waals surface area contributed by atoms with Gasteiger partial charge in [0.2, 0.25) is 5.95 Å². The highest BCUT2D eigenvalue weighted by molar-refractivity contribution is 5.71. The van der Waals surface area contributed by atoms with Crippen LogP contribution in [-0.4, -0.2) is 50.2 Å². The fraction of sp³-hybridized carbons (Fsp3) is 0.625. The second-order valence-corrected chi connectivity index (χ2v) is 7.18. The van der Waals surface area contributed by atoms with Crippen LogP contribution in [-0.2, 0) is 4.79 Å². The second-order valence-electron chi connectivity index (χ2n) is 7.18. The molecule has 1 unspecified atom stereocenters. The van der Waals surface area contributed by atoms with Gasteiger partial charge in [-0.15, -0.1) is 0 Å². The van der Waals surface area contributed by atoms with Crippen LogP contribution >= 0.6 is 0 Å². The van der Waals surface area contributed by atoms with Crippen LogP contribution in [0.2, 0.25) is 0 Å². The molecule has 2 aliphatic rings. The summed E-state index contributed by atoms with van der Waals surface area (Å²) in [6, 6.07) is 0.176. The zero-order valence-corrected chi connectivity index (χ0v) is 14.2. The topological polar surface area (TPSA) is 125 Å². The van der Waals surface area contributed by atoms with Gasteiger partial charge in [0.05, 0.1) is 6.33 Å². The van der Waals surface area contributed by atoms with Crippen molar-refractivity contribution in [3.05, 3.63) is 16.7 Å². The van der Waals surface area contributed by atoms with Crippen molar-refractivity contribution in [3.8, 4) is 0 Å². The molecule has 0 amide bonds. The molecule has 134 valence electrons. The lowest BCUT2D eigenvalue weighted by atomic mass is 9.64. The molecule has 2 heterocycles. The van der Waals surface area contributed by atoms with E-state index < -0.39 is 5.97 Å². The van der Waals surface area contributed by atoms with Crippen molar-refractivity contribution in [2.24, 2.45) is 11.8 Å². The largest absolute Gasteiger partial charge is 0.481 e. The first-order valence-corrected chi connectivity index (χ1v) is 8.52. The maximum absolute atomic E-state index is 12.1. The predicted molar refractivity (Wildman–Crippen MR) is 91.6 cm³/mol. The molecule has 0 saturated heterocycles. The van der Waals surface area contributed by atoms with Crippen molar-refractivity contribution in [3.63, 3.8) is 0 Å². The minimum Gasteiger partial charge on any atom is -0.481 e. The number of fused-ring (bicyclic) bond motifs is 2. The molecule has 9 heteroatoms. The minimum atomic E-state index is -0.742. The highest BCUT2D eigenvalue weighted by Gasteiger charge is 2.59. The van der Waals surface area contributed by atoms with Gasteiger partial charge in [-0.05, 0) is 38.1 Å². The maximum Gasteiger partial charge on any atom is 0.303 e. The number of carboxylic acids is 1. The summed E-state index contributed by atoms with van der Waals surface area (Å²) in [5.41, 5.74) is 0.627. The number of nitrogens with zero attached hydrogens (tertiary/aromatic N) is 3. The third kappa shape index (κ3) is 2.33. The fourth-order valence-electron chi connectivity index (χ4n) is 4.82. The molecule has 2 aromatic rings. The molecule has 4 atom stereocenters. The van der Waals surface area contributed by atoms with E-state index in [0.717, 1.165) is 19.3 Å². The number of carboxylic acid groups (broad SMARTS) is 1. The molecule has 0 bridgehead atoms. The SMILES string of the molecule is CNc1nc2c(ncn2[C@@H]2CC3(NC)C[C@@H](CC(=O)O)C[C@@H]23)c(=O)[nH]1. The Morgan fingerprint density at radius 3 is 2.96 bits per heavy atom. The number of aromatic amines is 1. The monoisotopic (exact) mass is 346 g/mol. The zero-order chi connectivity index (χ0) is 17.8. The number of hydrogen-bond donors (Lipinski definition) is 4. The Hall–Kier alpha value is -2.42. The van der Waals surface area contributed by atoms with Crippen LogP contribution < -0.4 is 16.2 Å². The summed E-state index contributed by atoms with van der Waals surface area (Å²) < 4.78 is 1.98. The molecule has 2 aliphatic carbocycles. The molecule has 0 radical (unpaired) electrons. The number of rotatable bonds is 5. The summed E-state index contributed by atoms with van der Waals surface area (Å²) >= 11 is 0. The van der Waals surface area contributed by atoms with E-state index in [2.05, 4.69) is 25.6 Å². The molecule has 4 N–H and O–H groups in total. The van der Waals surface area contributed by atoms with E-state index in [1.165, 1.54) is 0 Å². The number of carbonyl (C=O) groups is 1. The average Bonchev–Trinajstić information content (AvgIpc) is 3.09. The predicted octanol–water partition coefficient (Wildman–Crippen LogP) is 0.565. The van der Waals surface area contributed by atoms with Gasteiger partial charge in [0.1, 0.15) is 0 Å². The Balaban J connectivity index is 1.68. The van der Waals surface area contributed by atoms with Crippen LogP contribution in [0.25, 0.3) is 11.2 Å². The molecule has 2 fully saturated rings. The van der Waals surface area contributed by atoms with E-state index in [-0.39, 0.29) is 29.5 Å². The second kappa shape index (κ2) is 5.55. The quantitative estimate of drug-likeness (QED) is 0.623. The summed E-state index contributed by atoms with van der Waals surface area (Å²) in [6.07, 6.45) is 4.51. The lowest BCUT2D eigenvalue weighted by Gasteiger charge is -2.52. The zero-order valence-electron chi connectivity index (χ0n) is 14.2. The summed E-state index contributed by atoms with van der Waals surface area (Å²) in [5, 5.41) is 15.4. The van der Waals surface area contributed by atoms with Crippen molar-refractivity contribution in [2.75, 3.05) is 19.4 Å². The Bertz CT molecular complexity index is 890. The van der Waals surface area contributed by atoms with Gasteiger partial charge in [-0.2, -0.15) is 4.98 Å². The number of hydrogen-bond acceptors (Lipinski definition) is 6. The number of aliphatic carboxylic acids is 1. The summed E-state index contributed by atoms with van der Waals surface area (Å²) in [6.45, 7) is 0. The van der Waals surface area contributed by atoms with E-state index >= 15 is 0 Å². The van der Waals surface area contributed by atoms with E-state index in [1.54, 1.807) is 13.4 Å². The summed E-state index contributed by atoms with van der Waals surface area (Å²) in [5.74, 6) is 0.167. The van der Waals surface area contributed by atoms with Crippen molar-refractivity contribution >= 4 is 23.1 Å². The van der Waals surface area contributed by atoms with Crippen LogP contribution in [0.1, 0.15) is 31.7 Å². The van der Waals surface area contributed by atoms with Gasteiger partial charge in [0.15, 0.2) is 11.2 Å². The number of aromatic nitrogens is 4. The Kier molecular flexibility index (Phi) is 3.57. The minimum absolute atomic E-state index is 0.0194. The summed E-state index contributed by atoms with van der Waals surface area (Å²) in [7, 11) is 3.65. The number of imidazole rings is 1. The van der Waals surface area contributed by atoms with Gasteiger partial charge < -0.3 is 20.3 Å². The van der Waals surface area contributed by atoms with Crippen molar-refractivity contribution in [2.45, 2.75) is 37.3 Å². The van der Waals surface area contributed by atoms with Gasteiger partial charge in [0.25, 0.3) is 5.56 Å². The first-order chi connectivity index (χ1) is 12.0. The Morgan fingerprint density at radius 1 is 1.48 bits per heavy atom. The van der Waals surface area contributed by atoms with E-state index in [0.29, 0.717) is 23.0 Å². The van der Waals surface area contributed by atoms with Crippen LogP contribution in [0.5, 0.6) is 0 Å². The van der Waals surface area contributed by atoms with Crippen LogP contribution in [0, 0.1) is 11.8 Å². The summed E-state index contributed by atoms with van der Waals surface area (Å²) in [4.78, 5) is 34.6. The standard InChI is InChI=1S/C16H22N6O3/c1-17-15-20-13-12(14(25)21-15)19-7-22(13)10-6-16(18-2)5-8(3-9(10)16)4-11(23)24/h7-10,18H,3-6H2,1-2H3,(H,23,24)(H2,17,20,21,25)/t8-,9+,10-,16?/m1/s1. The lowest BCUT2D eigenvalue weighted by Crippen LogP contribution is -2.59. The fourth-order valence-corrected chi connectivity index (χ4v) is 4.82. The molecule has 2 saturated carbocycles. The average molecular weight is 346 g/mol. The normalized spacial score (nSPS) is 30.9. The molecule has 0 spiro atoms. The van der Waals surface area contributed by atoms with Gasteiger partial charge in [-0.3, -0.25) is 14.6 Å². The Morgan fingerprint density at radius 2 is 2.28 bits per heavy atom. The molecule has 9 nitrogen and oxygen atoms in total. The highest BCUT2D eigenvalue weighted by atomic mass is 16.4. The molecule has 0 aliphatic heterocycles. The lowest BCUT2D eigenvalue weighted by molar-refractivity contribution is -0.138. The maximum atomic E-state index is 12.1. The molecule has 4 rings (SSSR count). The highest BCUT2D eigenvalue weighted by Crippen LogP contribution is 2.59. The van der Waals surface area contributed by atoms with Crippen molar-refractivity contribution < 1.29 is 9.90 Å². The molecule has 0 aromatic carbocycles. The molecular weight excluding hydrogens is 324 g/mol. The van der Waals surface area contributed by atoms with Crippen LogP contribution in [0.15, 0.2) is 11.1 Å². The van der Waals surface area contributed by atoms with Crippen LogP contribution in [0.3, 0.4) is 0 Å².